The van der Waals surface area contributed by atoms with Gasteiger partial charge < -0.3 is 38.7 Å². The van der Waals surface area contributed by atoms with Crippen LogP contribution in [0.3, 0.4) is 0 Å². The highest BCUT2D eigenvalue weighted by Crippen LogP contribution is 2.35. The highest BCUT2D eigenvalue weighted by atomic mass is 16.5. The highest BCUT2D eigenvalue weighted by Gasteiger charge is 2.17. The lowest BCUT2D eigenvalue weighted by Gasteiger charge is -2.13. The van der Waals surface area contributed by atoms with Crippen molar-refractivity contribution in [3.63, 3.8) is 0 Å². The Labute approximate surface area is 190 Å². The van der Waals surface area contributed by atoms with Gasteiger partial charge in [0.2, 0.25) is 0 Å². The van der Waals surface area contributed by atoms with Crippen molar-refractivity contribution in [3.05, 3.63) is 46.6 Å². The molecule has 178 valence electrons. The van der Waals surface area contributed by atoms with Crippen LogP contribution in [0.5, 0.6) is 23.0 Å². The van der Waals surface area contributed by atoms with Crippen molar-refractivity contribution in [1.29, 1.82) is 0 Å². The van der Waals surface area contributed by atoms with Gasteiger partial charge in [-0.15, -0.1) is 0 Å². The van der Waals surface area contributed by atoms with Gasteiger partial charge in [0.25, 0.3) is 0 Å². The van der Waals surface area contributed by atoms with E-state index in [-0.39, 0.29) is 39.7 Å². The first-order chi connectivity index (χ1) is 16.2. The summed E-state index contributed by atoms with van der Waals surface area (Å²) in [7, 11) is 1.37. The third kappa shape index (κ3) is 5.73. The first kappa shape index (κ1) is 23.9. The number of carbonyl (C=O) groups is 3. The quantitative estimate of drug-likeness (QED) is 0.368. The maximum Gasteiger partial charge on any atom is 0.341 e. The summed E-state index contributed by atoms with van der Waals surface area (Å²) in [6, 6.07) is 8.04. The Morgan fingerprint density at radius 3 is 2.03 bits per heavy atom. The first-order valence-electron chi connectivity index (χ1n) is 9.52. The highest BCUT2D eigenvalue weighted by molar-refractivity contribution is 5.87. The van der Waals surface area contributed by atoms with Gasteiger partial charge in [-0.25, -0.2) is 14.4 Å². The molecule has 0 atom stereocenters. The molecule has 0 aliphatic carbocycles. The normalized spacial score (nSPS) is 10.5. The summed E-state index contributed by atoms with van der Waals surface area (Å²) in [5, 5.41) is 26.5. The SMILES string of the molecule is COc1ccc(-c2cc(=O)c3c(OCC(=O)O)cc(OCC(=O)O)cc3o2)cc1OCC(=O)O. The molecule has 0 bridgehead atoms. The lowest BCUT2D eigenvalue weighted by Crippen LogP contribution is -2.13. The van der Waals surface area contributed by atoms with E-state index in [0.717, 1.165) is 6.07 Å². The molecule has 3 aromatic rings. The van der Waals surface area contributed by atoms with E-state index in [4.69, 9.17) is 38.7 Å². The van der Waals surface area contributed by atoms with Gasteiger partial charge in [0.1, 0.15) is 28.2 Å². The van der Waals surface area contributed by atoms with Gasteiger partial charge >= 0.3 is 17.9 Å². The van der Waals surface area contributed by atoms with Crippen LogP contribution in [0.2, 0.25) is 0 Å². The van der Waals surface area contributed by atoms with Crippen LogP contribution in [-0.2, 0) is 14.4 Å². The molecule has 34 heavy (non-hydrogen) atoms. The van der Waals surface area contributed by atoms with Crippen LogP contribution >= 0.6 is 0 Å². The molecule has 0 saturated heterocycles. The largest absolute Gasteiger partial charge is 0.493 e. The lowest BCUT2D eigenvalue weighted by atomic mass is 10.1. The second kappa shape index (κ2) is 10.3. The second-order valence-electron chi connectivity index (χ2n) is 6.68. The smallest absolute Gasteiger partial charge is 0.341 e. The summed E-state index contributed by atoms with van der Waals surface area (Å²) < 4.78 is 26.5. The number of benzene rings is 2. The summed E-state index contributed by atoms with van der Waals surface area (Å²) in [6.45, 7) is -2.09. The minimum absolute atomic E-state index is 0.0317. The van der Waals surface area contributed by atoms with E-state index >= 15 is 0 Å². The van der Waals surface area contributed by atoms with E-state index < -0.39 is 43.2 Å². The minimum atomic E-state index is -1.29. The number of ether oxygens (including phenoxy) is 4. The molecule has 3 rings (SSSR count). The van der Waals surface area contributed by atoms with Crippen LogP contribution in [0, 0.1) is 0 Å². The molecule has 0 fully saturated rings. The number of carboxylic acids is 3. The molecule has 12 nitrogen and oxygen atoms in total. The van der Waals surface area contributed by atoms with Gasteiger partial charge in [-0.2, -0.15) is 0 Å². The average molecular weight is 474 g/mol. The van der Waals surface area contributed by atoms with Gasteiger partial charge in [0.05, 0.1) is 7.11 Å². The van der Waals surface area contributed by atoms with Crippen LogP contribution in [0.1, 0.15) is 0 Å². The molecule has 1 heterocycles. The first-order valence-corrected chi connectivity index (χ1v) is 9.52. The summed E-state index contributed by atoms with van der Waals surface area (Å²) in [5.74, 6) is -3.55. The number of hydrogen-bond donors (Lipinski definition) is 3. The molecule has 0 spiro atoms. The molecule has 0 unspecified atom stereocenters. The maximum absolute atomic E-state index is 12.9. The Hall–Kier alpha value is -4.74. The molecule has 12 heteroatoms. The van der Waals surface area contributed by atoms with Crippen molar-refractivity contribution in [2.75, 3.05) is 26.9 Å². The summed E-state index contributed by atoms with van der Waals surface area (Å²) in [4.78, 5) is 45.5. The fraction of sp³-hybridized carbons (Fsp3) is 0.182. The average Bonchev–Trinajstić information content (AvgIpc) is 2.79. The Bertz CT molecular complexity index is 1310. The van der Waals surface area contributed by atoms with Crippen LogP contribution in [0.15, 0.2) is 45.6 Å². The maximum atomic E-state index is 12.9. The van der Waals surface area contributed by atoms with Gasteiger partial charge in [-0.3, -0.25) is 4.79 Å². The number of aliphatic carboxylic acids is 3. The summed E-state index contributed by atoms with van der Waals surface area (Å²) >= 11 is 0. The van der Waals surface area contributed by atoms with Crippen molar-refractivity contribution >= 4 is 28.9 Å². The van der Waals surface area contributed by atoms with Gasteiger partial charge in [-0.05, 0) is 18.2 Å². The number of methoxy groups -OCH3 is 1. The Balaban J connectivity index is 2.11. The van der Waals surface area contributed by atoms with Gasteiger partial charge in [0.15, 0.2) is 36.7 Å². The summed E-state index contributed by atoms with van der Waals surface area (Å²) in [6.07, 6.45) is 0. The molecule has 0 aliphatic rings. The topological polar surface area (TPSA) is 179 Å². The van der Waals surface area contributed by atoms with E-state index in [1.54, 1.807) is 6.07 Å². The zero-order valence-electron chi connectivity index (χ0n) is 17.6. The molecular weight excluding hydrogens is 456 g/mol. The fourth-order valence-electron chi connectivity index (χ4n) is 2.93. The Morgan fingerprint density at radius 2 is 1.41 bits per heavy atom. The Morgan fingerprint density at radius 1 is 0.794 bits per heavy atom. The van der Waals surface area contributed by atoms with E-state index in [9.17, 15) is 19.2 Å². The summed E-state index contributed by atoms with van der Waals surface area (Å²) in [5.41, 5.74) is -0.301. The number of rotatable bonds is 11. The molecule has 3 N–H and O–H groups in total. The molecule has 0 aliphatic heterocycles. The lowest BCUT2D eigenvalue weighted by molar-refractivity contribution is -0.140. The molecule has 0 saturated carbocycles. The molecule has 0 amide bonds. The Kier molecular flexibility index (Phi) is 7.21. The fourth-order valence-corrected chi connectivity index (χ4v) is 2.93. The van der Waals surface area contributed by atoms with Crippen molar-refractivity contribution in [2.24, 2.45) is 0 Å². The van der Waals surface area contributed by atoms with Crippen molar-refractivity contribution in [3.8, 4) is 34.3 Å². The molecule has 0 radical (unpaired) electrons. The number of hydrogen-bond acceptors (Lipinski definition) is 9. The van der Waals surface area contributed by atoms with Crippen LogP contribution in [0.4, 0.5) is 0 Å². The number of fused-ring (bicyclic) bond motifs is 1. The van der Waals surface area contributed by atoms with E-state index in [0.29, 0.717) is 5.56 Å². The van der Waals surface area contributed by atoms with Crippen LogP contribution < -0.4 is 24.4 Å². The third-order valence-electron chi connectivity index (χ3n) is 4.28. The third-order valence-corrected chi connectivity index (χ3v) is 4.28. The van der Waals surface area contributed by atoms with Crippen molar-refractivity contribution in [1.82, 2.24) is 0 Å². The van der Waals surface area contributed by atoms with E-state index in [2.05, 4.69) is 0 Å². The monoisotopic (exact) mass is 474 g/mol. The second-order valence-corrected chi connectivity index (χ2v) is 6.68. The predicted octanol–water partition coefficient (Wildman–Crippen LogP) is 1.86. The van der Waals surface area contributed by atoms with Crippen LogP contribution in [-0.4, -0.2) is 60.2 Å². The number of carboxylic acid groups (broad SMARTS) is 3. The standard InChI is InChI=1S/C22H18O12/c1-30-14-3-2-11(4-16(14)32-9-20(26)27)15-7-13(23)22-17(33-10-21(28)29)5-12(6-18(22)34-15)31-8-19(24)25/h2-7H,8-10H2,1H3,(H,24,25)(H,26,27)(H,28,29). The van der Waals surface area contributed by atoms with Gasteiger partial charge in [-0.1, -0.05) is 0 Å². The van der Waals surface area contributed by atoms with Crippen molar-refractivity contribution < 1.29 is 53.1 Å². The zero-order chi connectivity index (χ0) is 24.8. The molecular formula is C22H18O12. The molecule has 1 aromatic heterocycles. The zero-order valence-corrected chi connectivity index (χ0v) is 17.6. The minimum Gasteiger partial charge on any atom is -0.493 e. The van der Waals surface area contributed by atoms with Gasteiger partial charge in [0, 0.05) is 23.8 Å². The van der Waals surface area contributed by atoms with Crippen LogP contribution in [0.25, 0.3) is 22.3 Å². The van der Waals surface area contributed by atoms with E-state index in [1.165, 1.54) is 31.4 Å². The van der Waals surface area contributed by atoms with Crippen molar-refractivity contribution in [2.45, 2.75) is 0 Å². The molecule has 2 aromatic carbocycles. The van der Waals surface area contributed by atoms with E-state index in [1.807, 2.05) is 0 Å². The predicted molar refractivity (Wildman–Crippen MR) is 114 cm³/mol.